The second-order valence-corrected chi connectivity index (χ2v) is 7.02. The first kappa shape index (κ1) is 13.9. The van der Waals surface area contributed by atoms with E-state index in [1.807, 2.05) is 0 Å². The van der Waals surface area contributed by atoms with Crippen molar-refractivity contribution in [3.05, 3.63) is 17.3 Å². The quantitative estimate of drug-likeness (QED) is 0.939. The number of piperidine rings is 1. The van der Waals surface area contributed by atoms with Crippen LogP contribution in [0.25, 0.3) is 4.96 Å². The van der Waals surface area contributed by atoms with Crippen LogP contribution in [0.3, 0.4) is 0 Å². The summed E-state index contributed by atoms with van der Waals surface area (Å²) in [6.07, 6.45) is 4.70. The summed E-state index contributed by atoms with van der Waals surface area (Å²) in [6.45, 7) is 9.89. The van der Waals surface area contributed by atoms with Gasteiger partial charge in [0.2, 0.25) is 0 Å². The molecule has 0 amide bonds. The first-order valence-corrected chi connectivity index (χ1v) is 8.46. The molecule has 0 unspecified atom stereocenters. The minimum Gasteiger partial charge on any atom is -0.355 e. The Morgan fingerprint density at radius 1 is 1.40 bits per heavy atom. The minimum atomic E-state index is 0.494. The molecule has 0 saturated carbocycles. The third-order valence-electron chi connectivity index (χ3n) is 4.10. The van der Waals surface area contributed by atoms with E-state index in [-0.39, 0.29) is 0 Å². The van der Waals surface area contributed by atoms with E-state index in [9.17, 15) is 0 Å². The van der Waals surface area contributed by atoms with Crippen molar-refractivity contribution < 1.29 is 0 Å². The zero-order chi connectivity index (χ0) is 14.1. The predicted octanol–water partition coefficient (Wildman–Crippen LogP) is 3.13. The van der Waals surface area contributed by atoms with Gasteiger partial charge in [-0.15, -0.1) is 11.3 Å². The molecule has 1 saturated heterocycles. The molecule has 1 aliphatic rings. The summed E-state index contributed by atoms with van der Waals surface area (Å²) in [5, 5.41) is 5.65. The SMILES string of the molecule is CC1CCN(c2nc3sccn3c2CNC(C)C)CC1. The number of imidazole rings is 1. The molecule has 0 atom stereocenters. The lowest BCUT2D eigenvalue weighted by molar-refractivity contribution is 0.435. The van der Waals surface area contributed by atoms with E-state index >= 15 is 0 Å². The number of fused-ring (bicyclic) bond motifs is 1. The van der Waals surface area contributed by atoms with Gasteiger partial charge in [-0.2, -0.15) is 0 Å². The van der Waals surface area contributed by atoms with E-state index in [0.29, 0.717) is 6.04 Å². The summed E-state index contributed by atoms with van der Waals surface area (Å²) in [6, 6.07) is 0.494. The Labute approximate surface area is 124 Å². The van der Waals surface area contributed by atoms with Gasteiger partial charge >= 0.3 is 0 Å². The number of hydrogen-bond donors (Lipinski definition) is 1. The van der Waals surface area contributed by atoms with Crippen LogP contribution in [-0.4, -0.2) is 28.5 Å². The van der Waals surface area contributed by atoms with Crippen molar-refractivity contribution >= 4 is 22.1 Å². The maximum Gasteiger partial charge on any atom is 0.195 e. The highest BCUT2D eigenvalue weighted by Gasteiger charge is 2.22. The standard InChI is InChI=1S/C15H24N4S/c1-11(2)16-10-13-14(17-15-19(13)8-9-20-15)18-6-4-12(3)5-7-18/h8-9,11-12,16H,4-7,10H2,1-3H3. The van der Waals surface area contributed by atoms with Gasteiger partial charge in [-0.3, -0.25) is 4.40 Å². The molecule has 0 spiro atoms. The van der Waals surface area contributed by atoms with Crippen LogP contribution in [0.4, 0.5) is 5.82 Å². The molecule has 4 nitrogen and oxygen atoms in total. The molecule has 0 aromatic carbocycles. The van der Waals surface area contributed by atoms with Gasteiger partial charge in [-0.05, 0) is 18.8 Å². The molecule has 0 bridgehead atoms. The van der Waals surface area contributed by atoms with E-state index in [0.717, 1.165) is 30.5 Å². The molecule has 110 valence electrons. The number of nitrogens with one attached hydrogen (secondary N) is 1. The predicted molar refractivity (Wildman–Crippen MR) is 85.7 cm³/mol. The molecule has 20 heavy (non-hydrogen) atoms. The second kappa shape index (κ2) is 5.74. The summed E-state index contributed by atoms with van der Waals surface area (Å²) in [7, 11) is 0. The molecule has 1 fully saturated rings. The molecule has 3 rings (SSSR count). The Morgan fingerprint density at radius 2 is 2.15 bits per heavy atom. The highest BCUT2D eigenvalue weighted by Crippen LogP contribution is 2.28. The normalized spacial score (nSPS) is 17.5. The summed E-state index contributed by atoms with van der Waals surface area (Å²) in [4.78, 5) is 8.45. The van der Waals surface area contributed by atoms with Crippen LogP contribution in [-0.2, 0) is 6.54 Å². The Morgan fingerprint density at radius 3 is 2.85 bits per heavy atom. The van der Waals surface area contributed by atoms with Crippen LogP contribution in [0.5, 0.6) is 0 Å². The van der Waals surface area contributed by atoms with Crippen LogP contribution in [0, 0.1) is 5.92 Å². The van der Waals surface area contributed by atoms with E-state index in [4.69, 9.17) is 4.98 Å². The Bertz CT molecular complexity index is 563. The zero-order valence-electron chi connectivity index (χ0n) is 12.6. The van der Waals surface area contributed by atoms with Crippen LogP contribution in [0.1, 0.15) is 39.3 Å². The third-order valence-corrected chi connectivity index (χ3v) is 4.86. The van der Waals surface area contributed by atoms with Gasteiger partial charge in [0.25, 0.3) is 0 Å². The minimum absolute atomic E-state index is 0.494. The van der Waals surface area contributed by atoms with Gasteiger partial charge in [0.15, 0.2) is 10.8 Å². The van der Waals surface area contributed by atoms with Crippen LogP contribution in [0.2, 0.25) is 0 Å². The van der Waals surface area contributed by atoms with Gasteiger partial charge in [-0.25, -0.2) is 4.98 Å². The van der Waals surface area contributed by atoms with Crippen molar-refractivity contribution in [1.29, 1.82) is 0 Å². The first-order chi connectivity index (χ1) is 9.65. The summed E-state index contributed by atoms with van der Waals surface area (Å²) in [5.74, 6) is 2.05. The fraction of sp³-hybridized carbons (Fsp3) is 0.667. The number of anilines is 1. The third kappa shape index (κ3) is 2.69. The average molecular weight is 292 g/mol. The van der Waals surface area contributed by atoms with Crippen molar-refractivity contribution in [3.8, 4) is 0 Å². The topological polar surface area (TPSA) is 32.6 Å². The van der Waals surface area contributed by atoms with Gasteiger partial charge in [0.1, 0.15) is 0 Å². The number of rotatable bonds is 4. The molecular formula is C15H24N4S. The summed E-state index contributed by atoms with van der Waals surface area (Å²) < 4.78 is 2.24. The van der Waals surface area contributed by atoms with Crippen molar-refractivity contribution in [2.45, 2.75) is 46.2 Å². The second-order valence-electron chi connectivity index (χ2n) is 6.14. The maximum absolute atomic E-state index is 4.87. The highest BCUT2D eigenvalue weighted by atomic mass is 32.1. The lowest BCUT2D eigenvalue weighted by Crippen LogP contribution is -2.34. The molecule has 0 aliphatic carbocycles. The van der Waals surface area contributed by atoms with E-state index in [1.54, 1.807) is 11.3 Å². The first-order valence-electron chi connectivity index (χ1n) is 7.58. The van der Waals surface area contributed by atoms with Gasteiger partial charge in [0, 0.05) is 37.3 Å². The fourth-order valence-corrected chi connectivity index (χ4v) is 3.49. The zero-order valence-corrected chi connectivity index (χ0v) is 13.4. The van der Waals surface area contributed by atoms with Crippen molar-refractivity contribution in [3.63, 3.8) is 0 Å². The Hall–Kier alpha value is -1.07. The number of thiazole rings is 1. The largest absolute Gasteiger partial charge is 0.355 e. The fourth-order valence-electron chi connectivity index (χ4n) is 2.76. The Balaban J connectivity index is 1.88. The van der Waals surface area contributed by atoms with Gasteiger partial charge < -0.3 is 10.2 Å². The van der Waals surface area contributed by atoms with Crippen molar-refractivity contribution in [2.24, 2.45) is 5.92 Å². The number of hydrogen-bond acceptors (Lipinski definition) is 4. The number of aromatic nitrogens is 2. The molecule has 1 N–H and O–H groups in total. The van der Waals surface area contributed by atoms with E-state index < -0.39 is 0 Å². The average Bonchev–Trinajstić information content (AvgIpc) is 2.98. The van der Waals surface area contributed by atoms with Crippen molar-refractivity contribution in [2.75, 3.05) is 18.0 Å². The summed E-state index contributed by atoms with van der Waals surface area (Å²) in [5.41, 5.74) is 1.31. The van der Waals surface area contributed by atoms with Crippen molar-refractivity contribution in [1.82, 2.24) is 14.7 Å². The molecule has 5 heteroatoms. The molecule has 2 aromatic rings. The molecule has 3 heterocycles. The van der Waals surface area contributed by atoms with E-state index in [1.165, 1.54) is 24.4 Å². The number of nitrogens with zero attached hydrogens (tertiary/aromatic N) is 3. The molecule has 1 aliphatic heterocycles. The summed E-state index contributed by atoms with van der Waals surface area (Å²) >= 11 is 1.72. The molecular weight excluding hydrogens is 268 g/mol. The molecule has 0 radical (unpaired) electrons. The smallest absolute Gasteiger partial charge is 0.195 e. The van der Waals surface area contributed by atoms with Crippen LogP contribution < -0.4 is 10.2 Å². The highest BCUT2D eigenvalue weighted by molar-refractivity contribution is 7.15. The maximum atomic E-state index is 4.87. The van der Waals surface area contributed by atoms with E-state index in [2.05, 4.69) is 47.0 Å². The van der Waals surface area contributed by atoms with Gasteiger partial charge in [-0.1, -0.05) is 20.8 Å². The van der Waals surface area contributed by atoms with Crippen LogP contribution >= 0.6 is 11.3 Å². The van der Waals surface area contributed by atoms with Crippen LogP contribution in [0.15, 0.2) is 11.6 Å². The lowest BCUT2D eigenvalue weighted by Gasteiger charge is -2.31. The monoisotopic (exact) mass is 292 g/mol. The Kier molecular flexibility index (Phi) is 3.98. The van der Waals surface area contributed by atoms with Gasteiger partial charge in [0.05, 0.1) is 5.69 Å². The molecule has 2 aromatic heterocycles. The lowest BCUT2D eigenvalue weighted by atomic mass is 9.99.